The fourth-order valence-electron chi connectivity index (χ4n) is 2.03. The van der Waals surface area contributed by atoms with Crippen molar-refractivity contribution in [1.29, 1.82) is 0 Å². The summed E-state index contributed by atoms with van der Waals surface area (Å²) in [7, 11) is 0. The summed E-state index contributed by atoms with van der Waals surface area (Å²) in [5, 5.41) is 23.3. The molecule has 0 bridgehead atoms. The number of alkyl halides is 3. The van der Waals surface area contributed by atoms with Crippen molar-refractivity contribution < 1.29 is 45.0 Å². The Morgan fingerprint density at radius 1 is 0.714 bits per heavy atom. The zero-order valence-electron chi connectivity index (χ0n) is 12.7. The molecule has 2 aromatic carbocycles. The molecule has 0 aliphatic heterocycles. The number of nitrogens with one attached hydrogen (secondary N) is 1. The van der Waals surface area contributed by atoms with Crippen LogP contribution in [0.3, 0.4) is 0 Å². The summed E-state index contributed by atoms with van der Waals surface area (Å²) < 4.78 is 105. The first-order valence-electron chi connectivity index (χ1n) is 6.59. The molecule has 0 aliphatic rings. The Labute approximate surface area is 147 Å². The molecule has 2 rings (SSSR count). The molecule has 7 nitrogen and oxygen atoms in total. The number of hydrogen-bond donors (Lipinski definition) is 1. The van der Waals surface area contributed by atoms with Crippen LogP contribution in [0.2, 0.25) is 0 Å². The van der Waals surface area contributed by atoms with Gasteiger partial charge in [-0.05, 0) is 0 Å². The van der Waals surface area contributed by atoms with Crippen molar-refractivity contribution in [3.8, 4) is 0 Å². The van der Waals surface area contributed by atoms with Gasteiger partial charge in [0.25, 0.3) is 11.4 Å². The van der Waals surface area contributed by atoms with Gasteiger partial charge < -0.3 is 5.32 Å². The van der Waals surface area contributed by atoms with Crippen LogP contribution in [-0.4, -0.2) is 9.85 Å². The van der Waals surface area contributed by atoms with Crippen molar-refractivity contribution in [2.45, 2.75) is 6.18 Å². The molecule has 0 amide bonds. The Morgan fingerprint density at radius 3 is 1.39 bits per heavy atom. The van der Waals surface area contributed by atoms with Crippen molar-refractivity contribution in [3.63, 3.8) is 0 Å². The van der Waals surface area contributed by atoms with Crippen LogP contribution in [0, 0.1) is 49.3 Å². The minimum absolute atomic E-state index is 0.207. The summed E-state index contributed by atoms with van der Waals surface area (Å²) >= 11 is 0. The van der Waals surface area contributed by atoms with Gasteiger partial charge in [-0.25, -0.2) is 22.0 Å². The van der Waals surface area contributed by atoms with Gasteiger partial charge in [0, 0.05) is 12.1 Å². The van der Waals surface area contributed by atoms with E-state index in [-0.39, 0.29) is 12.1 Å². The summed E-state index contributed by atoms with van der Waals surface area (Å²) in [5.41, 5.74) is -8.68. The topological polar surface area (TPSA) is 98.3 Å². The third-order valence-electron chi connectivity index (χ3n) is 3.28. The molecule has 0 atom stereocenters. The lowest BCUT2D eigenvalue weighted by atomic mass is 10.1. The lowest BCUT2D eigenvalue weighted by Gasteiger charge is -2.13. The Kier molecular flexibility index (Phi) is 5.12. The molecule has 0 saturated heterocycles. The highest BCUT2D eigenvalue weighted by molar-refractivity contribution is 5.80. The molecule has 0 fully saturated rings. The number of rotatable bonds is 4. The summed E-state index contributed by atoms with van der Waals surface area (Å²) in [6.07, 6.45) is -5.28. The molecule has 0 aliphatic carbocycles. The van der Waals surface area contributed by atoms with E-state index in [1.54, 1.807) is 0 Å². The molecule has 28 heavy (non-hydrogen) atoms. The number of hydrogen-bond acceptors (Lipinski definition) is 5. The highest BCUT2D eigenvalue weighted by Gasteiger charge is 2.38. The molecule has 15 heteroatoms. The Hall–Kier alpha value is -3.52. The van der Waals surface area contributed by atoms with Crippen LogP contribution in [0.4, 0.5) is 57.9 Å². The zero-order chi connectivity index (χ0) is 21.5. The van der Waals surface area contributed by atoms with Gasteiger partial charge in [-0.15, -0.1) is 0 Å². The van der Waals surface area contributed by atoms with Crippen molar-refractivity contribution in [1.82, 2.24) is 0 Å². The number of nitro groups is 2. The molecule has 2 aromatic rings. The van der Waals surface area contributed by atoms with E-state index in [0.29, 0.717) is 0 Å². The molecular weight excluding hydrogens is 414 g/mol. The average molecular weight is 417 g/mol. The highest BCUT2D eigenvalue weighted by atomic mass is 19.4. The Balaban J connectivity index is 2.84. The van der Waals surface area contributed by atoms with Crippen LogP contribution >= 0.6 is 0 Å². The molecular formula is C13H3F8N3O4. The molecule has 0 unspecified atom stereocenters. The van der Waals surface area contributed by atoms with Gasteiger partial charge in [-0.1, -0.05) is 0 Å². The molecule has 0 saturated carbocycles. The molecule has 0 radical (unpaired) electrons. The van der Waals surface area contributed by atoms with E-state index in [9.17, 15) is 55.4 Å². The lowest BCUT2D eigenvalue weighted by Crippen LogP contribution is -2.11. The minimum atomic E-state index is -5.28. The average Bonchev–Trinajstić information content (AvgIpc) is 2.60. The van der Waals surface area contributed by atoms with Crippen molar-refractivity contribution in [2.75, 3.05) is 5.32 Å². The second-order valence-corrected chi connectivity index (χ2v) is 4.97. The zero-order valence-corrected chi connectivity index (χ0v) is 12.7. The first kappa shape index (κ1) is 20.8. The number of anilines is 2. The minimum Gasteiger partial charge on any atom is -0.339 e. The quantitative estimate of drug-likeness (QED) is 0.249. The third kappa shape index (κ3) is 3.49. The normalized spacial score (nSPS) is 11.4. The van der Waals surface area contributed by atoms with Crippen LogP contribution in [-0.2, 0) is 6.18 Å². The molecule has 150 valence electrons. The first-order chi connectivity index (χ1) is 12.8. The SMILES string of the molecule is O=[N+]([O-])c1cc(C(F)(F)F)cc([N+](=O)[O-])c1Nc1c(F)c(F)c(F)c(F)c1F. The van der Waals surface area contributed by atoms with E-state index >= 15 is 0 Å². The van der Waals surface area contributed by atoms with E-state index in [0.717, 1.165) is 0 Å². The van der Waals surface area contributed by atoms with Gasteiger partial charge in [0.15, 0.2) is 29.0 Å². The summed E-state index contributed by atoms with van der Waals surface area (Å²) in [6, 6.07) is -0.414. The van der Waals surface area contributed by atoms with Crippen LogP contribution < -0.4 is 5.32 Å². The third-order valence-corrected chi connectivity index (χ3v) is 3.28. The van der Waals surface area contributed by atoms with E-state index in [4.69, 9.17) is 0 Å². The highest BCUT2D eigenvalue weighted by Crippen LogP contribution is 2.43. The van der Waals surface area contributed by atoms with E-state index in [2.05, 4.69) is 0 Å². The van der Waals surface area contributed by atoms with E-state index in [1.807, 2.05) is 0 Å². The Morgan fingerprint density at radius 2 is 1.07 bits per heavy atom. The van der Waals surface area contributed by atoms with Gasteiger partial charge in [0.2, 0.25) is 5.82 Å². The van der Waals surface area contributed by atoms with Gasteiger partial charge >= 0.3 is 6.18 Å². The first-order valence-corrected chi connectivity index (χ1v) is 6.59. The predicted molar refractivity (Wildman–Crippen MR) is 74.3 cm³/mol. The van der Waals surface area contributed by atoms with Crippen LogP contribution in [0.15, 0.2) is 12.1 Å². The van der Waals surface area contributed by atoms with Crippen molar-refractivity contribution in [3.05, 3.63) is 67.0 Å². The maximum absolute atomic E-state index is 13.7. The number of halogens is 8. The van der Waals surface area contributed by atoms with Crippen molar-refractivity contribution >= 4 is 22.7 Å². The van der Waals surface area contributed by atoms with E-state index < -0.39 is 73.4 Å². The molecule has 0 heterocycles. The fraction of sp³-hybridized carbons (Fsp3) is 0.0769. The maximum Gasteiger partial charge on any atom is 0.416 e. The molecule has 1 N–H and O–H groups in total. The predicted octanol–water partition coefficient (Wildman–Crippen LogP) is 4.96. The van der Waals surface area contributed by atoms with Crippen LogP contribution in [0.1, 0.15) is 5.56 Å². The molecule has 0 aromatic heterocycles. The largest absolute Gasteiger partial charge is 0.416 e. The number of benzene rings is 2. The summed E-state index contributed by atoms with van der Waals surface area (Å²) in [5.74, 6) is -12.6. The molecule has 0 spiro atoms. The fourth-order valence-corrected chi connectivity index (χ4v) is 2.03. The second kappa shape index (κ2) is 6.90. The van der Waals surface area contributed by atoms with Gasteiger partial charge in [-0.3, -0.25) is 20.2 Å². The van der Waals surface area contributed by atoms with Crippen molar-refractivity contribution in [2.24, 2.45) is 0 Å². The Bertz CT molecular complexity index is 944. The van der Waals surface area contributed by atoms with Crippen LogP contribution in [0.25, 0.3) is 0 Å². The van der Waals surface area contributed by atoms with Crippen LogP contribution in [0.5, 0.6) is 0 Å². The summed E-state index contributed by atoms with van der Waals surface area (Å²) in [6.45, 7) is 0. The second-order valence-electron chi connectivity index (χ2n) is 4.97. The standard InChI is InChI=1S/C13H3F8N3O4/c14-6-7(15)9(17)12(10(18)8(6)16)22-11-4(23(25)26)1-3(13(19,20)21)2-5(11)24(27)28/h1-2,22H. The number of nitrogens with zero attached hydrogens (tertiary/aromatic N) is 2. The lowest BCUT2D eigenvalue weighted by molar-refractivity contribution is -0.392. The van der Waals surface area contributed by atoms with Gasteiger partial charge in [0.1, 0.15) is 5.69 Å². The maximum atomic E-state index is 13.7. The van der Waals surface area contributed by atoms with Gasteiger partial charge in [-0.2, -0.15) is 13.2 Å². The van der Waals surface area contributed by atoms with E-state index in [1.165, 1.54) is 5.32 Å². The monoisotopic (exact) mass is 417 g/mol. The smallest absolute Gasteiger partial charge is 0.339 e. The van der Waals surface area contributed by atoms with Gasteiger partial charge in [0.05, 0.1) is 15.4 Å². The summed E-state index contributed by atoms with van der Waals surface area (Å²) in [4.78, 5) is 18.9. The number of nitro benzene ring substituents is 2.